The molecule has 0 aliphatic rings. The molecule has 0 bridgehead atoms. The van der Waals surface area contributed by atoms with Gasteiger partial charge >= 0.3 is 0 Å². The molecule has 0 atom stereocenters. The van der Waals surface area contributed by atoms with Crippen LogP contribution in [0.4, 0.5) is 0 Å². The molecule has 0 N–H and O–H groups in total. The number of fused-ring (bicyclic) bond motifs is 1. The van der Waals surface area contributed by atoms with Crippen molar-refractivity contribution in [1.82, 2.24) is 4.98 Å². The van der Waals surface area contributed by atoms with Gasteiger partial charge in [-0.1, -0.05) is 11.6 Å². The molecule has 1 heterocycles. The van der Waals surface area contributed by atoms with Crippen LogP contribution in [-0.2, 0) is 0 Å². The molecule has 0 fully saturated rings. The van der Waals surface area contributed by atoms with Gasteiger partial charge in [-0.2, -0.15) is 0 Å². The fraction of sp³-hybridized carbons (Fsp3) is 0.100. The normalized spacial score (nSPS) is 10.5. The summed E-state index contributed by atoms with van der Waals surface area (Å²) in [5.41, 5.74) is 0.750. The number of hydrogen-bond acceptors (Lipinski definition) is 2. The smallest absolute Gasteiger partial charge is 0.129 e. The van der Waals surface area contributed by atoms with Crippen molar-refractivity contribution in [3.05, 3.63) is 33.9 Å². The van der Waals surface area contributed by atoms with Gasteiger partial charge in [0.25, 0.3) is 0 Å². The average Bonchev–Trinajstić information content (AvgIpc) is 2.23. The number of hydrogen-bond donors (Lipinski definition) is 0. The second-order valence-electron chi connectivity index (χ2n) is 2.77. The average molecular weight is 273 g/mol. The van der Waals surface area contributed by atoms with Crippen molar-refractivity contribution in [3.8, 4) is 5.75 Å². The van der Waals surface area contributed by atoms with Gasteiger partial charge in [0.2, 0.25) is 0 Å². The van der Waals surface area contributed by atoms with Crippen LogP contribution < -0.4 is 4.74 Å². The lowest BCUT2D eigenvalue weighted by Crippen LogP contribution is -1.88. The van der Waals surface area contributed by atoms with Crippen molar-refractivity contribution < 1.29 is 4.74 Å². The van der Waals surface area contributed by atoms with Crippen LogP contribution in [0.1, 0.15) is 0 Å². The molecule has 0 aliphatic heterocycles. The summed E-state index contributed by atoms with van der Waals surface area (Å²) in [7, 11) is 1.63. The van der Waals surface area contributed by atoms with Crippen LogP contribution in [0.15, 0.2) is 28.9 Å². The largest absolute Gasteiger partial charge is 0.496 e. The van der Waals surface area contributed by atoms with Gasteiger partial charge in [0.05, 0.1) is 17.6 Å². The van der Waals surface area contributed by atoms with E-state index in [0.29, 0.717) is 5.02 Å². The van der Waals surface area contributed by atoms with E-state index in [-0.39, 0.29) is 0 Å². The van der Waals surface area contributed by atoms with Gasteiger partial charge in [-0.05, 0) is 34.1 Å². The van der Waals surface area contributed by atoms with Crippen LogP contribution >= 0.6 is 27.5 Å². The number of ether oxygens (including phenoxy) is 1. The topological polar surface area (TPSA) is 22.1 Å². The molecular weight excluding hydrogens is 265 g/mol. The molecule has 0 aliphatic carbocycles. The highest BCUT2D eigenvalue weighted by atomic mass is 79.9. The minimum atomic E-state index is 0.612. The van der Waals surface area contributed by atoms with E-state index >= 15 is 0 Å². The lowest BCUT2D eigenvalue weighted by atomic mass is 10.2. The third-order valence-corrected chi connectivity index (χ3v) is 3.20. The maximum absolute atomic E-state index is 6.09. The summed E-state index contributed by atoms with van der Waals surface area (Å²) >= 11 is 9.45. The van der Waals surface area contributed by atoms with Crippen molar-refractivity contribution in [1.29, 1.82) is 0 Å². The Balaban J connectivity index is 2.89. The third kappa shape index (κ3) is 1.47. The molecule has 14 heavy (non-hydrogen) atoms. The fourth-order valence-electron chi connectivity index (χ4n) is 1.32. The van der Waals surface area contributed by atoms with Crippen molar-refractivity contribution in [3.63, 3.8) is 0 Å². The minimum Gasteiger partial charge on any atom is -0.496 e. The van der Waals surface area contributed by atoms with Gasteiger partial charge in [-0.3, -0.25) is 4.98 Å². The number of pyridine rings is 1. The molecule has 4 heteroatoms. The summed E-state index contributed by atoms with van der Waals surface area (Å²) < 4.78 is 6.03. The van der Waals surface area contributed by atoms with Gasteiger partial charge in [0.15, 0.2) is 0 Å². The standard InChI is InChI=1S/C10H7BrClNO/c1-14-8-5-7(11)9(12)10-6(8)3-2-4-13-10/h2-5H,1H3. The Hall–Kier alpha value is -0.800. The number of benzene rings is 1. The molecule has 2 nitrogen and oxygen atoms in total. The highest BCUT2D eigenvalue weighted by Gasteiger charge is 2.09. The van der Waals surface area contributed by atoms with E-state index in [4.69, 9.17) is 16.3 Å². The highest BCUT2D eigenvalue weighted by Crippen LogP contribution is 2.35. The Kier molecular flexibility index (Phi) is 2.61. The van der Waals surface area contributed by atoms with Crippen LogP contribution in [0.2, 0.25) is 5.02 Å². The summed E-state index contributed by atoms with van der Waals surface area (Å²) in [6, 6.07) is 5.63. The highest BCUT2D eigenvalue weighted by molar-refractivity contribution is 9.10. The molecule has 0 spiro atoms. The zero-order chi connectivity index (χ0) is 10.1. The SMILES string of the molecule is COc1cc(Br)c(Cl)c2ncccc12. The van der Waals surface area contributed by atoms with Gasteiger partial charge in [-0.15, -0.1) is 0 Å². The molecule has 0 saturated carbocycles. The quantitative estimate of drug-likeness (QED) is 0.790. The van der Waals surface area contributed by atoms with Crippen molar-refractivity contribution in [2.75, 3.05) is 7.11 Å². The van der Waals surface area contributed by atoms with E-state index in [1.807, 2.05) is 18.2 Å². The first-order valence-electron chi connectivity index (χ1n) is 4.00. The Morgan fingerprint density at radius 3 is 3.00 bits per heavy atom. The van der Waals surface area contributed by atoms with E-state index in [2.05, 4.69) is 20.9 Å². The molecule has 0 unspecified atom stereocenters. The van der Waals surface area contributed by atoms with Gasteiger partial charge in [0.1, 0.15) is 5.75 Å². The minimum absolute atomic E-state index is 0.612. The van der Waals surface area contributed by atoms with Crippen molar-refractivity contribution in [2.45, 2.75) is 0 Å². The van der Waals surface area contributed by atoms with E-state index < -0.39 is 0 Å². The predicted molar refractivity (Wildman–Crippen MR) is 61.0 cm³/mol. The monoisotopic (exact) mass is 271 g/mol. The zero-order valence-electron chi connectivity index (χ0n) is 7.42. The first-order valence-corrected chi connectivity index (χ1v) is 5.18. The molecular formula is C10H7BrClNO. The van der Waals surface area contributed by atoms with Crippen LogP contribution in [0, 0.1) is 0 Å². The lowest BCUT2D eigenvalue weighted by Gasteiger charge is -2.07. The maximum Gasteiger partial charge on any atom is 0.129 e. The molecule has 2 aromatic rings. The molecule has 0 radical (unpaired) electrons. The summed E-state index contributed by atoms with van der Waals surface area (Å²) in [4.78, 5) is 4.21. The molecule has 2 rings (SSSR count). The molecule has 0 amide bonds. The molecule has 1 aromatic heterocycles. The Morgan fingerprint density at radius 1 is 1.50 bits per heavy atom. The van der Waals surface area contributed by atoms with Gasteiger partial charge in [0, 0.05) is 16.1 Å². The number of rotatable bonds is 1. The first kappa shape index (κ1) is 9.74. The lowest BCUT2D eigenvalue weighted by molar-refractivity contribution is 0.419. The number of methoxy groups -OCH3 is 1. The zero-order valence-corrected chi connectivity index (χ0v) is 9.76. The van der Waals surface area contributed by atoms with Crippen molar-refractivity contribution in [2.24, 2.45) is 0 Å². The molecule has 0 saturated heterocycles. The van der Waals surface area contributed by atoms with Crippen LogP contribution in [0.25, 0.3) is 10.9 Å². The first-order chi connectivity index (χ1) is 6.74. The number of nitrogens with zero attached hydrogens (tertiary/aromatic N) is 1. The summed E-state index contributed by atoms with van der Waals surface area (Å²) in [6.45, 7) is 0. The molecule has 1 aromatic carbocycles. The second-order valence-corrected chi connectivity index (χ2v) is 4.01. The van der Waals surface area contributed by atoms with E-state index in [1.54, 1.807) is 13.3 Å². The Labute approximate surface area is 95.0 Å². The van der Waals surface area contributed by atoms with Crippen molar-refractivity contribution >= 4 is 38.4 Å². The van der Waals surface area contributed by atoms with Crippen LogP contribution in [0.3, 0.4) is 0 Å². The summed E-state index contributed by atoms with van der Waals surface area (Å²) in [5, 5.41) is 1.53. The van der Waals surface area contributed by atoms with Crippen LogP contribution in [-0.4, -0.2) is 12.1 Å². The fourth-order valence-corrected chi connectivity index (χ4v) is 1.92. The summed E-state index contributed by atoms with van der Waals surface area (Å²) in [6.07, 6.45) is 1.71. The van der Waals surface area contributed by atoms with Gasteiger partial charge < -0.3 is 4.74 Å². The van der Waals surface area contributed by atoms with E-state index in [0.717, 1.165) is 21.1 Å². The maximum atomic E-state index is 6.09. The van der Waals surface area contributed by atoms with E-state index in [1.165, 1.54) is 0 Å². The summed E-state index contributed by atoms with van der Waals surface area (Å²) in [5.74, 6) is 0.768. The van der Waals surface area contributed by atoms with E-state index in [9.17, 15) is 0 Å². The second kappa shape index (κ2) is 3.75. The Morgan fingerprint density at radius 2 is 2.29 bits per heavy atom. The van der Waals surface area contributed by atoms with Crippen LogP contribution in [0.5, 0.6) is 5.75 Å². The number of halogens is 2. The van der Waals surface area contributed by atoms with Gasteiger partial charge in [-0.25, -0.2) is 0 Å². The number of aromatic nitrogens is 1. The third-order valence-electron chi connectivity index (χ3n) is 1.97. The molecule has 72 valence electrons. The predicted octanol–water partition coefficient (Wildman–Crippen LogP) is 3.66. The Bertz CT molecular complexity index is 487.